The largest absolute Gasteiger partial charge is 0.316 e. The Morgan fingerprint density at radius 1 is 1.21 bits per heavy atom. The molecule has 2 fully saturated rings. The monoisotopic (exact) mass is 398 g/mol. The molecular weight excluding hydrogens is 372 g/mol. The van der Waals surface area contributed by atoms with Crippen molar-refractivity contribution >= 4 is 23.6 Å². The van der Waals surface area contributed by atoms with E-state index in [1.54, 1.807) is 12.1 Å². The first-order chi connectivity index (χ1) is 13.9. The molecule has 29 heavy (non-hydrogen) atoms. The van der Waals surface area contributed by atoms with E-state index in [4.69, 9.17) is 0 Å². The number of nitrogens with one attached hydrogen (secondary N) is 3. The third-order valence-corrected chi connectivity index (χ3v) is 6.23. The number of benzene rings is 1. The maximum atomic E-state index is 13.1. The quantitative estimate of drug-likeness (QED) is 0.478. The van der Waals surface area contributed by atoms with Crippen molar-refractivity contribution in [2.24, 2.45) is 5.41 Å². The minimum Gasteiger partial charge on any atom is -0.316 e. The molecule has 3 aliphatic heterocycles. The van der Waals surface area contributed by atoms with Crippen LogP contribution in [0, 0.1) is 5.41 Å². The van der Waals surface area contributed by atoms with E-state index < -0.39 is 23.8 Å². The predicted octanol–water partition coefficient (Wildman–Crippen LogP) is 0.567. The Morgan fingerprint density at radius 3 is 2.76 bits per heavy atom. The first-order valence-electron chi connectivity index (χ1n) is 10.1. The number of amides is 4. The first kappa shape index (κ1) is 19.7. The fourth-order valence-corrected chi connectivity index (χ4v) is 4.43. The van der Waals surface area contributed by atoms with Gasteiger partial charge in [0.1, 0.15) is 6.04 Å². The third kappa shape index (κ3) is 3.70. The summed E-state index contributed by atoms with van der Waals surface area (Å²) in [5, 5.41) is 9.00. The van der Waals surface area contributed by atoms with Crippen LogP contribution < -0.4 is 16.0 Å². The normalized spacial score (nSPS) is 26.8. The minimum atomic E-state index is -0.935. The van der Waals surface area contributed by atoms with Crippen molar-refractivity contribution in [1.29, 1.82) is 0 Å². The van der Waals surface area contributed by atoms with E-state index >= 15 is 0 Å². The Balaban J connectivity index is 1.46. The number of carbonyl (C=O) groups excluding carboxylic acids is 4. The first-order valence-corrected chi connectivity index (χ1v) is 10.1. The summed E-state index contributed by atoms with van der Waals surface area (Å²) in [5.74, 6) is -1.89. The van der Waals surface area contributed by atoms with Crippen molar-refractivity contribution in [3.05, 3.63) is 34.9 Å². The van der Waals surface area contributed by atoms with Gasteiger partial charge in [-0.1, -0.05) is 19.1 Å². The lowest BCUT2D eigenvalue weighted by Gasteiger charge is -2.27. The molecule has 3 heterocycles. The fourth-order valence-electron chi connectivity index (χ4n) is 4.43. The Bertz CT molecular complexity index is 875. The molecule has 0 aromatic heterocycles. The summed E-state index contributed by atoms with van der Waals surface area (Å²) in [6.45, 7) is 5.64. The summed E-state index contributed by atoms with van der Waals surface area (Å²) in [6, 6.07) is 4.28. The summed E-state index contributed by atoms with van der Waals surface area (Å²) in [4.78, 5) is 50.5. The number of rotatable bonds is 6. The van der Waals surface area contributed by atoms with Crippen LogP contribution in [0.2, 0.25) is 0 Å². The van der Waals surface area contributed by atoms with E-state index in [9.17, 15) is 19.2 Å². The second-order valence-corrected chi connectivity index (χ2v) is 8.45. The van der Waals surface area contributed by atoms with Gasteiger partial charge in [0.25, 0.3) is 11.8 Å². The standard InChI is InChI=1S/C21H26N4O4/c1-21(8-10-23-12-21)7-9-22-11-13-3-2-4-14-17(13)20(29)25(19(14)28)15-5-6-16(26)24-18(15)27/h2-4,15,22-23H,5-12H2,1H3,(H,24,26,27). The van der Waals surface area contributed by atoms with Gasteiger partial charge >= 0.3 is 0 Å². The molecule has 4 amide bonds. The topological polar surface area (TPSA) is 108 Å². The number of piperidine rings is 1. The van der Waals surface area contributed by atoms with Crippen LogP contribution in [0.1, 0.15) is 58.9 Å². The van der Waals surface area contributed by atoms with E-state index in [2.05, 4.69) is 22.9 Å². The van der Waals surface area contributed by atoms with E-state index in [-0.39, 0.29) is 18.7 Å². The molecule has 0 spiro atoms. The Hall–Kier alpha value is -2.58. The number of hydrogen-bond donors (Lipinski definition) is 3. The van der Waals surface area contributed by atoms with Crippen LogP contribution in [0.3, 0.4) is 0 Å². The van der Waals surface area contributed by atoms with Gasteiger partial charge in [-0.25, -0.2) is 0 Å². The molecule has 0 radical (unpaired) electrons. The average Bonchev–Trinajstić information content (AvgIpc) is 3.23. The van der Waals surface area contributed by atoms with Crippen LogP contribution in [0.4, 0.5) is 0 Å². The van der Waals surface area contributed by atoms with Crippen LogP contribution in [0.15, 0.2) is 18.2 Å². The van der Waals surface area contributed by atoms with Crippen molar-refractivity contribution in [2.75, 3.05) is 19.6 Å². The van der Waals surface area contributed by atoms with Crippen LogP contribution in [-0.2, 0) is 16.1 Å². The molecule has 4 rings (SSSR count). The maximum Gasteiger partial charge on any atom is 0.262 e. The van der Waals surface area contributed by atoms with Crippen molar-refractivity contribution in [3.63, 3.8) is 0 Å². The van der Waals surface area contributed by atoms with Gasteiger partial charge < -0.3 is 10.6 Å². The zero-order valence-corrected chi connectivity index (χ0v) is 16.5. The smallest absolute Gasteiger partial charge is 0.262 e. The molecule has 8 nitrogen and oxygen atoms in total. The predicted molar refractivity (Wildman–Crippen MR) is 105 cm³/mol. The molecule has 1 aromatic rings. The average molecular weight is 398 g/mol. The SMILES string of the molecule is CC1(CCNCc2cccc3c2C(=O)N(C2CCC(=O)NC2=O)C3=O)CCNC1. The van der Waals surface area contributed by atoms with Gasteiger partial charge in [-0.15, -0.1) is 0 Å². The molecule has 0 bridgehead atoms. The summed E-state index contributed by atoms with van der Waals surface area (Å²) in [7, 11) is 0. The molecule has 0 saturated carbocycles. The molecular formula is C21H26N4O4. The third-order valence-electron chi connectivity index (χ3n) is 6.23. The Kier molecular flexibility index (Phi) is 5.23. The number of carbonyl (C=O) groups is 4. The Labute approximate surface area is 169 Å². The number of hydrogen-bond acceptors (Lipinski definition) is 6. The minimum absolute atomic E-state index is 0.117. The second kappa shape index (κ2) is 7.68. The van der Waals surface area contributed by atoms with Gasteiger partial charge in [0.05, 0.1) is 11.1 Å². The van der Waals surface area contributed by atoms with Crippen molar-refractivity contribution < 1.29 is 19.2 Å². The highest BCUT2D eigenvalue weighted by atomic mass is 16.2. The number of nitrogens with zero attached hydrogens (tertiary/aromatic N) is 1. The number of fused-ring (bicyclic) bond motifs is 1. The zero-order valence-electron chi connectivity index (χ0n) is 16.5. The van der Waals surface area contributed by atoms with Crippen LogP contribution in [-0.4, -0.2) is 54.2 Å². The molecule has 0 aliphatic carbocycles. The van der Waals surface area contributed by atoms with E-state index in [0.717, 1.165) is 42.9 Å². The van der Waals surface area contributed by atoms with Gasteiger partial charge in [0.2, 0.25) is 11.8 Å². The highest BCUT2D eigenvalue weighted by Gasteiger charge is 2.45. The molecule has 3 N–H and O–H groups in total. The molecule has 2 atom stereocenters. The van der Waals surface area contributed by atoms with Crippen molar-refractivity contribution in [1.82, 2.24) is 20.9 Å². The Morgan fingerprint density at radius 2 is 2.03 bits per heavy atom. The van der Waals surface area contributed by atoms with Crippen LogP contribution in [0.25, 0.3) is 0 Å². The summed E-state index contributed by atoms with van der Waals surface area (Å²) >= 11 is 0. The van der Waals surface area contributed by atoms with Crippen molar-refractivity contribution in [2.45, 2.75) is 45.2 Å². The maximum absolute atomic E-state index is 13.1. The zero-order chi connectivity index (χ0) is 20.6. The van der Waals surface area contributed by atoms with E-state index in [1.165, 1.54) is 0 Å². The second-order valence-electron chi connectivity index (χ2n) is 8.45. The van der Waals surface area contributed by atoms with Crippen LogP contribution >= 0.6 is 0 Å². The lowest BCUT2D eigenvalue weighted by atomic mass is 9.86. The lowest BCUT2D eigenvalue weighted by molar-refractivity contribution is -0.136. The van der Waals surface area contributed by atoms with Gasteiger partial charge in [0, 0.05) is 19.5 Å². The van der Waals surface area contributed by atoms with Gasteiger partial charge in [0.15, 0.2) is 0 Å². The molecule has 3 aliphatic rings. The highest BCUT2D eigenvalue weighted by molar-refractivity contribution is 6.24. The summed E-state index contributed by atoms with van der Waals surface area (Å²) < 4.78 is 0. The molecule has 2 saturated heterocycles. The molecule has 2 unspecified atom stereocenters. The van der Waals surface area contributed by atoms with Gasteiger partial charge in [-0.2, -0.15) is 0 Å². The molecule has 8 heteroatoms. The van der Waals surface area contributed by atoms with E-state index in [1.807, 2.05) is 6.07 Å². The van der Waals surface area contributed by atoms with Gasteiger partial charge in [-0.3, -0.25) is 29.4 Å². The van der Waals surface area contributed by atoms with E-state index in [0.29, 0.717) is 23.1 Å². The van der Waals surface area contributed by atoms with Gasteiger partial charge in [-0.05, 0) is 49.4 Å². The number of imide groups is 2. The molecule has 154 valence electrons. The lowest BCUT2D eigenvalue weighted by Crippen LogP contribution is -2.54. The van der Waals surface area contributed by atoms with Crippen molar-refractivity contribution in [3.8, 4) is 0 Å². The fraction of sp³-hybridized carbons (Fsp3) is 0.524. The highest BCUT2D eigenvalue weighted by Crippen LogP contribution is 2.30. The van der Waals surface area contributed by atoms with Crippen LogP contribution in [0.5, 0.6) is 0 Å². The molecule has 1 aromatic carbocycles. The summed E-state index contributed by atoms with van der Waals surface area (Å²) in [6.07, 6.45) is 2.47. The summed E-state index contributed by atoms with van der Waals surface area (Å²) in [5.41, 5.74) is 1.74.